The molecule has 0 aliphatic heterocycles. The van der Waals surface area contributed by atoms with Crippen molar-refractivity contribution in [3.05, 3.63) is 45.9 Å². The molecule has 1 atom stereocenters. The van der Waals surface area contributed by atoms with Crippen molar-refractivity contribution >= 4 is 46.3 Å². The van der Waals surface area contributed by atoms with Crippen LogP contribution in [0.15, 0.2) is 40.6 Å². The van der Waals surface area contributed by atoms with Crippen LogP contribution in [0.5, 0.6) is 11.5 Å². The van der Waals surface area contributed by atoms with Crippen molar-refractivity contribution in [1.29, 1.82) is 0 Å². The molecule has 0 heterocycles. The number of methoxy groups -OCH3 is 2. The molecule has 1 N–H and O–H groups in total. The molecule has 2 rings (SSSR count). The van der Waals surface area contributed by atoms with Crippen LogP contribution in [0.1, 0.15) is 12.5 Å². The van der Waals surface area contributed by atoms with E-state index in [9.17, 15) is 9.59 Å². The molecule has 148 valence electrons. The van der Waals surface area contributed by atoms with Gasteiger partial charge in [0.05, 0.1) is 30.0 Å². The fourth-order valence-corrected chi connectivity index (χ4v) is 2.84. The third kappa shape index (κ3) is 4.99. The molecule has 0 aromatic heterocycles. The van der Waals surface area contributed by atoms with Gasteiger partial charge in [0.25, 0.3) is 5.91 Å². The predicted molar refractivity (Wildman–Crippen MR) is 108 cm³/mol. The number of ketones is 1. The van der Waals surface area contributed by atoms with Gasteiger partial charge in [-0.1, -0.05) is 35.3 Å². The largest absolute Gasteiger partial charge is 0.495 e. The number of anilines is 1. The number of ether oxygens (including phenoxy) is 2. The second-order valence-corrected chi connectivity index (χ2v) is 6.62. The number of carbonyl (C=O) groups is 2. The lowest BCUT2D eigenvalue weighted by atomic mass is 10.2. The summed E-state index contributed by atoms with van der Waals surface area (Å²) in [4.78, 5) is 24.6. The molecule has 7 nitrogen and oxygen atoms in total. The van der Waals surface area contributed by atoms with Crippen LogP contribution in [0.4, 0.5) is 11.4 Å². The Morgan fingerprint density at radius 3 is 2.32 bits per heavy atom. The molecular formula is C19H19Cl2N3O4. The van der Waals surface area contributed by atoms with E-state index < -0.39 is 17.7 Å². The molecule has 0 saturated carbocycles. The van der Waals surface area contributed by atoms with E-state index in [4.69, 9.17) is 32.7 Å². The van der Waals surface area contributed by atoms with Crippen LogP contribution in [0.25, 0.3) is 0 Å². The highest BCUT2D eigenvalue weighted by Gasteiger charge is 2.25. The summed E-state index contributed by atoms with van der Waals surface area (Å²) in [5.41, 5.74) is 1.43. The summed E-state index contributed by atoms with van der Waals surface area (Å²) in [5, 5.41) is 11.1. The summed E-state index contributed by atoms with van der Waals surface area (Å²) in [6.07, 6.45) is 0. The molecule has 0 fully saturated rings. The molecule has 2 aromatic rings. The first-order chi connectivity index (χ1) is 13.3. The van der Waals surface area contributed by atoms with Crippen molar-refractivity contribution < 1.29 is 19.1 Å². The number of hydrogen-bond donors (Lipinski definition) is 1. The lowest BCUT2D eigenvalue weighted by Gasteiger charge is -2.14. The summed E-state index contributed by atoms with van der Waals surface area (Å²) < 4.78 is 10.4. The minimum Gasteiger partial charge on any atom is -0.495 e. The van der Waals surface area contributed by atoms with Crippen LogP contribution >= 0.6 is 23.2 Å². The van der Waals surface area contributed by atoms with Gasteiger partial charge in [-0.15, -0.1) is 0 Å². The van der Waals surface area contributed by atoms with Crippen LogP contribution < -0.4 is 14.8 Å². The number of benzene rings is 2. The Morgan fingerprint density at radius 2 is 1.75 bits per heavy atom. The van der Waals surface area contributed by atoms with E-state index in [1.807, 2.05) is 0 Å². The monoisotopic (exact) mass is 423 g/mol. The second kappa shape index (κ2) is 9.52. The maximum atomic E-state index is 12.6. The molecule has 0 saturated heterocycles. The van der Waals surface area contributed by atoms with Crippen LogP contribution in [-0.2, 0) is 9.59 Å². The Morgan fingerprint density at radius 1 is 1.07 bits per heavy atom. The van der Waals surface area contributed by atoms with Gasteiger partial charge in [0, 0.05) is 6.07 Å². The molecular weight excluding hydrogens is 405 g/mol. The topological polar surface area (TPSA) is 89.3 Å². The lowest BCUT2D eigenvalue weighted by molar-refractivity contribution is -0.126. The van der Waals surface area contributed by atoms with Gasteiger partial charge >= 0.3 is 0 Å². The molecule has 0 aliphatic carbocycles. The van der Waals surface area contributed by atoms with E-state index in [2.05, 4.69) is 15.5 Å². The van der Waals surface area contributed by atoms with E-state index in [1.165, 1.54) is 33.3 Å². The van der Waals surface area contributed by atoms with Crippen molar-refractivity contribution in [2.75, 3.05) is 19.5 Å². The quantitative estimate of drug-likeness (QED) is 0.501. The van der Waals surface area contributed by atoms with Gasteiger partial charge in [-0.3, -0.25) is 9.59 Å². The summed E-state index contributed by atoms with van der Waals surface area (Å²) >= 11 is 12.2. The van der Waals surface area contributed by atoms with Gasteiger partial charge in [-0.25, -0.2) is 0 Å². The van der Waals surface area contributed by atoms with Gasteiger partial charge in [0.2, 0.25) is 6.04 Å². The first kappa shape index (κ1) is 21.7. The number of amides is 1. The number of carbonyl (C=O) groups excluding carboxylic acids is 2. The van der Waals surface area contributed by atoms with Gasteiger partial charge in [-0.05, 0) is 31.5 Å². The minimum absolute atomic E-state index is 0.270. The third-order valence-electron chi connectivity index (χ3n) is 3.83. The van der Waals surface area contributed by atoms with Crippen LogP contribution in [0, 0.1) is 6.92 Å². The van der Waals surface area contributed by atoms with E-state index in [0.29, 0.717) is 22.2 Å². The number of halogens is 2. The molecule has 1 unspecified atom stereocenters. The molecule has 2 aromatic carbocycles. The van der Waals surface area contributed by atoms with Gasteiger partial charge < -0.3 is 14.8 Å². The summed E-state index contributed by atoms with van der Waals surface area (Å²) in [6, 6.07) is 6.84. The van der Waals surface area contributed by atoms with Crippen LogP contribution in [0.2, 0.25) is 10.0 Å². The average Bonchev–Trinajstić information content (AvgIpc) is 2.64. The minimum atomic E-state index is -1.36. The van der Waals surface area contributed by atoms with Crippen molar-refractivity contribution in [3.63, 3.8) is 0 Å². The average molecular weight is 424 g/mol. The number of nitrogens with zero attached hydrogens (tertiary/aromatic N) is 2. The van der Waals surface area contributed by atoms with Gasteiger partial charge in [0.15, 0.2) is 5.78 Å². The molecule has 1 amide bonds. The SMILES string of the molecule is COc1cc(OC)c(NC(=O)C(N=Nc2c(C)cccc2Cl)C(C)=O)cc1Cl. The zero-order valence-corrected chi connectivity index (χ0v) is 17.3. The number of nitrogens with one attached hydrogen (secondary N) is 1. The second-order valence-electron chi connectivity index (χ2n) is 5.81. The van der Waals surface area contributed by atoms with Crippen molar-refractivity contribution in [2.45, 2.75) is 19.9 Å². The fourth-order valence-electron chi connectivity index (χ4n) is 2.34. The van der Waals surface area contributed by atoms with Gasteiger partial charge in [-0.2, -0.15) is 10.2 Å². The zero-order chi connectivity index (χ0) is 20.8. The number of azo groups is 1. The number of aryl methyl sites for hydroxylation is 1. The number of Topliss-reactive ketones (excluding diaryl/α,β-unsaturated/α-hetero) is 1. The highest BCUT2D eigenvalue weighted by Crippen LogP contribution is 2.36. The lowest BCUT2D eigenvalue weighted by Crippen LogP contribution is -2.32. The molecule has 0 spiro atoms. The maximum Gasteiger partial charge on any atom is 0.258 e. The first-order valence-electron chi connectivity index (χ1n) is 8.17. The van der Waals surface area contributed by atoms with Crippen LogP contribution in [0.3, 0.4) is 0 Å². The Balaban J connectivity index is 2.31. The van der Waals surface area contributed by atoms with E-state index in [1.54, 1.807) is 25.1 Å². The number of rotatable bonds is 7. The third-order valence-corrected chi connectivity index (χ3v) is 4.43. The smallest absolute Gasteiger partial charge is 0.258 e. The van der Waals surface area contributed by atoms with Crippen LogP contribution in [-0.4, -0.2) is 32.0 Å². The Labute approximate surface area is 172 Å². The standard InChI is InChI=1S/C19H19Cl2N3O4/c1-10-6-5-7-12(20)17(10)23-24-18(11(2)25)19(26)22-14-8-13(21)15(27-3)9-16(14)28-4/h5-9,18H,1-4H3,(H,22,26). The Kier molecular flexibility index (Phi) is 7.37. The summed E-state index contributed by atoms with van der Waals surface area (Å²) in [5.74, 6) is -0.464. The highest BCUT2D eigenvalue weighted by atomic mass is 35.5. The van der Waals surface area contributed by atoms with Crippen molar-refractivity contribution in [2.24, 2.45) is 10.2 Å². The molecule has 0 bridgehead atoms. The predicted octanol–water partition coefficient (Wildman–Crippen LogP) is 5.00. The maximum absolute atomic E-state index is 12.6. The van der Waals surface area contributed by atoms with E-state index in [-0.39, 0.29) is 10.7 Å². The fraction of sp³-hybridized carbons (Fsp3) is 0.263. The Hall–Kier alpha value is -2.64. The Bertz CT molecular complexity index is 911. The van der Waals surface area contributed by atoms with E-state index in [0.717, 1.165) is 5.56 Å². The molecule has 0 radical (unpaired) electrons. The highest BCUT2D eigenvalue weighted by molar-refractivity contribution is 6.33. The molecule has 28 heavy (non-hydrogen) atoms. The summed E-state index contributed by atoms with van der Waals surface area (Å²) in [7, 11) is 2.89. The number of hydrogen-bond acceptors (Lipinski definition) is 6. The van der Waals surface area contributed by atoms with Crippen molar-refractivity contribution in [3.8, 4) is 11.5 Å². The molecule has 0 aliphatic rings. The zero-order valence-electron chi connectivity index (χ0n) is 15.7. The van der Waals surface area contributed by atoms with E-state index >= 15 is 0 Å². The normalized spacial score (nSPS) is 11.9. The first-order valence-corrected chi connectivity index (χ1v) is 8.92. The van der Waals surface area contributed by atoms with Crippen molar-refractivity contribution in [1.82, 2.24) is 0 Å². The summed E-state index contributed by atoms with van der Waals surface area (Å²) in [6.45, 7) is 3.05. The molecule has 9 heteroatoms. The van der Waals surface area contributed by atoms with Gasteiger partial charge in [0.1, 0.15) is 17.2 Å².